The summed E-state index contributed by atoms with van der Waals surface area (Å²) < 4.78 is 1.62. The minimum atomic E-state index is -0.311. The molecule has 0 amide bonds. The molecule has 0 aliphatic carbocycles. The molecule has 0 unspecified atom stereocenters. The third-order valence-corrected chi connectivity index (χ3v) is 5.89. The average molecular weight is 426 g/mol. The van der Waals surface area contributed by atoms with E-state index in [2.05, 4.69) is 10.3 Å². The number of pyridine rings is 1. The van der Waals surface area contributed by atoms with Crippen molar-refractivity contribution >= 4 is 33.1 Å². The molecule has 0 radical (unpaired) electrons. The zero-order chi connectivity index (χ0) is 21.4. The van der Waals surface area contributed by atoms with Gasteiger partial charge in [0.05, 0.1) is 11.2 Å². The largest absolute Gasteiger partial charge is 0.506 e. The third kappa shape index (κ3) is 3.47. The molecule has 0 saturated heterocycles. The first-order valence-corrected chi connectivity index (χ1v) is 10.7. The quantitative estimate of drug-likeness (QED) is 0.378. The minimum absolute atomic E-state index is 0.0556. The van der Waals surface area contributed by atoms with Crippen LogP contribution < -0.4 is 10.9 Å². The Bertz CT molecular complexity index is 1440. The van der Waals surface area contributed by atoms with Gasteiger partial charge < -0.3 is 10.4 Å². The third-order valence-electron chi connectivity index (χ3n) is 5.13. The molecule has 5 aromatic rings. The van der Waals surface area contributed by atoms with Crippen LogP contribution in [-0.2, 0) is 0 Å². The Morgan fingerprint density at radius 1 is 0.935 bits per heavy atom. The maximum Gasteiger partial charge on any atom is 0.268 e. The number of nitrogens with one attached hydrogen (secondary N) is 1. The van der Waals surface area contributed by atoms with Crippen molar-refractivity contribution in [3.05, 3.63) is 100 Å². The predicted octanol–water partition coefficient (Wildman–Crippen LogP) is 5.87. The van der Waals surface area contributed by atoms with Gasteiger partial charge in [0.15, 0.2) is 5.13 Å². The fourth-order valence-electron chi connectivity index (χ4n) is 3.60. The van der Waals surface area contributed by atoms with Crippen molar-refractivity contribution in [1.29, 1.82) is 0 Å². The SMILES string of the molecule is Cc1ccc(Nc2nc(-c3c(O)c4ccccc4n(-c4ccccc4)c3=O)cs2)cc1. The van der Waals surface area contributed by atoms with Crippen LogP contribution >= 0.6 is 11.3 Å². The monoisotopic (exact) mass is 425 g/mol. The van der Waals surface area contributed by atoms with Crippen LogP contribution in [0.3, 0.4) is 0 Å². The summed E-state index contributed by atoms with van der Waals surface area (Å²) in [6.07, 6.45) is 0. The number of hydrogen-bond acceptors (Lipinski definition) is 5. The number of aryl methyl sites for hydroxylation is 1. The van der Waals surface area contributed by atoms with Crippen molar-refractivity contribution in [3.8, 4) is 22.7 Å². The molecule has 0 aliphatic rings. The molecule has 3 aromatic carbocycles. The highest BCUT2D eigenvalue weighted by Gasteiger charge is 2.20. The summed E-state index contributed by atoms with van der Waals surface area (Å²) in [6, 6.07) is 24.8. The fraction of sp³-hybridized carbons (Fsp3) is 0.0400. The van der Waals surface area contributed by atoms with Crippen LogP contribution in [0.2, 0.25) is 0 Å². The van der Waals surface area contributed by atoms with Crippen LogP contribution in [0.5, 0.6) is 5.75 Å². The summed E-state index contributed by atoms with van der Waals surface area (Å²) in [6.45, 7) is 2.03. The van der Waals surface area contributed by atoms with Crippen LogP contribution in [-0.4, -0.2) is 14.7 Å². The zero-order valence-corrected chi connectivity index (χ0v) is 17.6. The van der Waals surface area contributed by atoms with Crippen LogP contribution in [0.25, 0.3) is 27.8 Å². The van der Waals surface area contributed by atoms with E-state index < -0.39 is 0 Å². The van der Waals surface area contributed by atoms with Crippen molar-refractivity contribution in [2.75, 3.05) is 5.32 Å². The van der Waals surface area contributed by atoms with Crippen LogP contribution in [0, 0.1) is 6.92 Å². The molecule has 6 heteroatoms. The highest BCUT2D eigenvalue weighted by atomic mass is 32.1. The van der Waals surface area contributed by atoms with Crippen LogP contribution in [0.4, 0.5) is 10.8 Å². The maximum atomic E-state index is 13.6. The number of thiazole rings is 1. The number of para-hydroxylation sites is 2. The smallest absolute Gasteiger partial charge is 0.268 e. The van der Waals surface area contributed by atoms with Crippen LogP contribution in [0.1, 0.15) is 5.56 Å². The second-order valence-corrected chi connectivity index (χ2v) is 8.10. The van der Waals surface area contributed by atoms with Gasteiger partial charge in [-0.05, 0) is 43.3 Å². The van der Waals surface area contributed by atoms with E-state index in [0.717, 1.165) is 11.4 Å². The summed E-state index contributed by atoms with van der Waals surface area (Å²) in [5, 5.41) is 17.3. The average Bonchev–Trinajstić information content (AvgIpc) is 3.24. The Balaban J connectivity index is 1.67. The summed E-state index contributed by atoms with van der Waals surface area (Å²) in [4.78, 5) is 18.2. The van der Waals surface area contributed by atoms with E-state index in [9.17, 15) is 9.90 Å². The van der Waals surface area contributed by atoms with Gasteiger partial charge in [-0.15, -0.1) is 11.3 Å². The molecule has 5 nitrogen and oxygen atoms in total. The fourth-order valence-corrected chi connectivity index (χ4v) is 4.32. The molecular formula is C25H19N3O2S. The Labute approximate surface area is 182 Å². The lowest BCUT2D eigenvalue weighted by molar-refractivity contribution is 0.482. The molecular weight excluding hydrogens is 406 g/mol. The summed E-state index contributed by atoms with van der Waals surface area (Å²) in [5.74, 6) is -0.0556. The number of hydrogen-bond donors (Lipinski definition) is 2. The molecule has 0 fully saturated rings. The van der Waals surface area contributed by atoms with Gasteiger partial charge in [-0.1, -0.05) is 48.0 Å². The van der Waals surface area contributed by atoms with Crippen molar-refractivity contribution in [2.45, 2.75) is 6.92 Å². The lowest BCUT2D eigenvalue weighted by Gasteiger charge is -2.14. The Morgan fingerprint density at radius 2 is 1.65 bits per heavy atom. The van der Waals surface area contributed by atoms with Gasteiger partial charge >= 0.3 is 0 Å². The topological polar surface area (TPSA) is 67.2 Å². The number of aromatic nitrogens is 2. The van der Waals surface area contributed by atoms with E-state index in [1.165, 1.54) is 16.9 Å². The number of rotatable bonds is 4. The summed E-state index contributed by atoms with van der Waals surface area (Å²) in [5.41, 5.74) is 3.79. The van der Waals surface area contributed by atoms with Crippen LogP contribution in [0.15, 0.2) is 89.0 Å². The van der Waals surface area contributed by atoms with Crippen molar-refractivity contribution < 1.29 is 5.11 Å². The van der Waals surface area contributed by atoms with E-state index in [1.807, 2.05) is 85.8 Å². The summed E-state index contributed by atoms with van der Waals surface area (Å²) >= 11 is 1.39. The second kappa shape index (κ2) is 7.74. The summed E-state index contributed by atoms with van der Waals surface area (Å²) in [7, 11) is 0. The minimum Gasteiger partial charge on any atom is -0.506 e. The van der Waals surface area contributed by atoms with Gasteiger partial charge in [-0.25, -0.2) is 4.98 Å². The first-order valence-electron chi connectivity index (χ1n) is 9.83. The van der Waals surface area contributed by atoms with E-state index in [4.69, 9.17) is 0 Å². The lowest BCUT2D eigenvalue weighted by Crippen LogP contribution is -2.21. The molecule has 0 atom stereocenters. The molecule has 0 spiro atoms. The second-order valence-electron chi connectivity index (χ2n) is 7.25. The number of aromatic hydroxyl groups is 1. The number of fused-ring (bicyclic) bond motifs is 1. The van der Waals surface area contributed by atoms with Crippen molar-refractivity contribution in [2.24, 2.45) is 0 Å². The van der Waals surface area contributed by atoms with Crippen molar-refractivity contribution in [1.82, 2.24) is 9.55 Å². The van der Waals surface area contributed by atoms with E-state index in [-0.39, 0.29) is 16.9 Å². The van der Waals surface area contributed by atoms with Crippen molar-refractivity contribution in [3.63, 3.8) is 0 Å². The Morgan fingerprint density at radius 3 is 2.42 bits per heavy atom. The van der Waals surface area contributed by atoms with Gasteiger partial charge in [0.25, 0.3) is 5.56 Å². The number of anilines is 2. The molecule has 2 aromatic heterocycles. The molecule has 0 saturated carbocycles. The van der Waals surface area contributed by atoms with E-state index in [1.54, 1.807) is 9.95 Å². The number of nitrogens with zero attached hydrogens (tertiary/aromatic N) is 2. The highest BCUT2D eigenvalue weighted by molar-refractivity contribution is 7.14. The molecule has 5 rings (SSSR count). The molecule has 152 valence electrons. The molecule has 31 heavy (non-hydrogen) atoms. The number of benzene rings is 3. The molecule has 2 N–H and O–H groups in total. The maximum absolute atomic E-state index is 13.6. The highest BCUT2D eigenvalue weighted by Crippen LogP contribution is 2.35. The van der Waals surface area contributed by atoms with E-state index in [0.29, 0.717) is 21.7 Å². The first-order chi connectivity index (χ1) is 15.1. The van der Waals surface area contributed by atoms with Gasteiger partial charge in [-0.2, -0.15) is 0 Å². The standard InChI is InChI=1S/C25H19N3O2S/c1-16-11-13-17(14-12-16)26-25-27-20(15-31-25)22-23(29)19-9-5-6-10-21(19)28(24(22)30)18-7-3-2-4-8-18/h2-15,29H,1H3,(H,26,27). The lowest BCUT2D eigenvalue weighted by atomic mass is 10.1. The van der Waals surface area contributed by atoms with Gasteiger partial charge in [0.1, 0.15) is 11.3 Å². The molecule has 0 aliphatic heterocycles. The van der Waals surface area contributed by atoms with Gasteiger partial charge in [0, 0.05) is 22.1 Å². The zero-order valence-electron chi connectivity index (χ0n) is 16.7. The normalized spacial score (nSPS) is 11.0. The Hall–Kier alpha value is -3.90. The van der Waals surface area contributed by atoms with E-state index >= 15 is 0 Å². The predicted molar refractivity (Wildman–Crippen MR) is 127 cm³/mol. The van der Waals surface area contributed by atoms with Gasteiger partial charge in [-0.3, -0.25) is 9.36 Å². The first kappa shape index (κ1) is 19.1. The van der Waals surface area contributed by atoms with Gasteiger partial charge in [0.2, 0.25) is 0 Å². The molecule has 0 bridgehead atoms. The Kier molecular flexibility index (Phi) is 4.76. The molecule has 2 heterocycles.